The van der Waals surface area contributed by atoms with Crippen LogP contribution in [0.4, 0.5) is 0 Å². The Morgan fingerprint density at radius 3 is 0.716 bits per heavy atom. The number of rotatable bonds is 56. The van der Waals surface area contributed by atoms with Gasteiger partial charge in [0.2, 0.25) is 0 Å². The first-order valence-corrected chi connectivity index (χ1v) is 32.3. The van der Waals surface area contributed by atoms with Crippen LogP contribution in [0.15, 0.2) is 182 Å². The highest BCUT2D eigenvalue weighted by Crippen LogP contribution is 2.14. The van der Waals surface area contributed by atoms with Gasteiger partial charge in [0.1, 0.15) is 13.2 Å². The number of carbonyl (C=O) groups excluding carboxylic acids is 3. The van der Waals surface area contributed by atoms with Crippen molar-refractivity contribution in [2.75, 3.05) is 13.2 Å². The summed E-state index contributed by atoms with van der Waals surface area (Å²) in [7, 11) is 0. The normalized spacial score (nSPS) is 13.4. The topological polar surface area (TPSA) is 78.9 Å². The fourth-order valence-electron chi connectivity index (χ4n) is 8.17. The van der Waals surface area contributed by atoms with Gasteiger partial charge in [0.25, 0.3) is 0 Å². The standard InChI is InChI=1S/C75H116O6/c1-4-7-10-13-16-19-22-25-28-31-34-37-40-43-46-49-52-55-58-61-64-67-73(76)79-70-72(81-75(78)69-66-63-60-57-54-51-48-45-42-39-36-33-30-27-24-21-18-15-12-9-6-3)71-80-74(77)68-65-62-59-56-53-50-47-44-41-38-35-32-29-26-23-20-17-14-11-8-5-2/h7-12,16-21,25-30,34-39,43,45-46,48,52,55,72H,4-6,13-15,22-24,31-33,40-42,44,47,49-51,53-54,56-71H2,1-3H3/b10-7-,11-8-,12-9-,19-16-,20-17-,21-18-,28-25-,29-26-,30-27-,37-34-,38-35-,39-36-,46-43-,48-45-,55-52-. The van der Waals surface area contributed by atoms with Gasteiger partial charge in [0, 0.05) is 19.3 Å². The molecule has 81 heavy (non-hydrogen) atoms. The quantitative estimate of drug-likeness (QED) is 0.0261. The average Bonchev–Trinajstić information content (AvgIpc) is 3.47. The largest absolute Gasteiger partial charge is 0.462 e. The molecule has 0 rings (SSSR count). The van der Waals surface area contributed by atoms with Gasteiger partial charge in [-0.15, -0.1) is 0 Å². The molecule has 452 valence electrons. The van der Waals surface area contributed by atoms with E-state index in [9.17, 15) is 14.4 Å². The Morgan fingerprint density at radius 1 is 0.247 bits per heavy atom. The third-order valence-corrected chi connectivity index (χ3v) is 12.9. The van der Waals surface area contributed by atoms with Crippen molar-refractivity contribution in [3.8, 4) is 0 Å². The van der Waals surface area contributed by atoms with Gasteiger partial charge in [-0.3, -0.25) is 14.4 Å². The summed E-state index contributed by atoms with van der Waals surface area (Å²) in [6, 6.07) is 0. The Labute approximate surface area is 497 Å². The van der Waals surface area contributed by atoms with Gasteiger partial charge in [0.15, 0.2) is 6.10 Å². The van der Waals surface area contributed by atoms with Gasteiger partial charge in [-0.1, -0.05) is 261 Å². The highest BCUT2D eigenvalue weighted by Gasteiger charge is 2.19. The predicted octanol–water partition coefficient (Wildman–Crippen LogP) is 22.4. The maximum absolute atomic E-state index is 12.9. The number of hydrogen-bond donors (Lipinski definition) is 0. The van der Waals surface area contributed by atoms with E-state index in [1.165, 1.54) is 32.1 Å². The molecule has 0 aromatic rings. The van der Waals surface area contributed by atoms with Gasteiger partial charge in [-0.2, -0.15) is 0 Å². The van der Waals surface area contributed by atoms with Crippen molar-refractivity contribution in [1.29, 1.82) is 0 Å². The van der Waals surface area contributed by atoms with E-state index in [4.69, 9.17) is 14.2 Å². The van der Waals surface area contributed by atoms with Gasteiger partial charge < -0.3 is 14.2 Å². The summed E-state index contributed by atoms with van der Waals surface area (Å²) in [5.74, 6) is -0.991. The molecule has 0 aliphatic rings. The van der Waals surface area contributed by atoms with Crippen LogP contribution in [0.2, 0.25) is 0 Å². The molecular formula is C75H116O6. The second-order valence-corrected chi connectivity index (χ2v) is 20.5. The highest BCUT2D eigenvalue weighted by atomic mass is 16.6. The molecule has 0 aliphatic heterocycles. The van der Waals surface area contributed by atoms with Crippen molar-refractivity contribution < 1.29 is 28.6 Å². The van der Waals surface area contributed by atoms with Gasteiger partial charge >= 0.3 is 17.9 Å². The molecule has 1 atom stereocenters. The third-order valence-electron chi connectivity index (χ3n) is 12.9. The maximum atomic E-state index is 12.9. The minimum absolute atomic E-state index is 0.114. The van der Waals surface area contributed by atoms with Crippen LogP contribution in [0.3, 0.4) is 0 Å². The molecular weight excluding hydrogens is 997 g/mol. The number of carbonyl (C=O) groups is 3. The van der Waals surface area contributed by atoms with Crippen molar-refractivity contribution in [3.63, 3.8) is 0 Å². The Hall–Kier alpha value is -5.49. The number of esters is 3. The Kier molecular flexibility index (Phi) is 62.5. The maximum Gasteiger partial charge on any atom is 0.306 e. The second kappa shape index (κ2) is 67.0. The lowest BCUT2D eigenvalue weighted by molar-refractivity contribution is -0.167. The molecule has 0 aliphatic carbocycles. The van der Waals surface area contributed by atoms with E-state index in [1.807, 2.05) is 0 Å². The molecule has 0 fully saturated rings. The van der Waals surface area contributed by atoms with E-state index in [-0.39, 0.29) is 44.0 Å². The molecule has 0 spiro atoms. The monoisotopic (exact) mass is 1110 g/mol. The van der Waals surface area contributed by atoms with Crippen LogP contribution in [0.25, 0.3) is 0 Å². The van der Waals surface area contributed by atoms with Crippen molar-refractivity contribution in [3.05, 3.63) is 182 Å². The SMILES string of the molecule is CC/C=C\C/C=C\C/C=C\C/C=C\C/C=C\C/C=C\CCCCC(=O)OCC(COC(=O)CCCCCCCCCC/C=C\C/C=C\C/C=C\C/C=C\CC)OC(=O)CCCCCCC/C=C\C/C=C\C/C=C\C/C=C\C/C=C\CC. The van der Waals surface area contributed by atoms with Crippen LogP contribution in [0, 0.1) is 0 Å². The minimum atomic E-state index is -0.823. The van der Waals surface area contributed by atoms with E-state index in [1.54, 1.807) is 0 Å². The molecule has 0 radical (unpaired) electrons. The summed E-state index contributed by atoms with van der Waals surface area (Å²) in [6.45, 7) is 6.23. The van der Waals surface area contributed by atoms with Gasteiger partial charge in [-0.05, 0) is 154 Å². The van der Waals surface area contributed by atoms with Crippen LogP contribution in [0.5, 0.6) is 0 Å². The molecule has 0 N–H and O–H groups in total. The number of ether oxygens (including phenoxy) is 3. The summed E-state index contributed by atoms with van der Waals surface area (Å²) in [6.07, 6.45) is 100. The van der Waals surface area contributed by atoms with Gasteiger partial charge in [-0.25, -0.2) is 0 Å². The Morgan fingerprint density at radius 2 is 0.444 bits per heavy atom. The van der Waals surface area contributed by atoms with Crippen LogP contribution in [-0.4, -0.2) is 37.2 Å². The molecule has 6 nitrogen and oxygen atoms in total. The lowest BCUT2D eigenvalue weighted by atomic mass is 10.1. The Balaban J connectivity index is 4.57. The first-order chi connectivity index (χ1) is 40.0. The zero-order chi connectivity index (χ0) is 58.5. The van der Waals surface area contributed by atoms with Crippen molar-refractivity contribution >= 4 is 17.9 Å². The van der Waals surface area contributed by atoms with Crippen LogP contribution in [0.1, 0.15) is 252 Å². The third kappa shape index (κ3) is 65.2. The van der Waals surface area contributed by atoms with Crippen LogP contribution < -0.4 is 0 Å². The second-order valence-electron chi connectivity index (χ2n) is 20.5. The van der Waals surface area contributed by atoms with E-state index in [0.717, 1.165) is 173 Å². The molecule has 0 saturated heterocycles. The molecule has 6 heteroatoms. The molecule has 0 amide bonds. The summed E-state index contributed by atoms with van der Waals surface area (Å²) in [5, 5.41) is 0. The zero-order valence-corrected chi connectivity index (χ0v) is 51.7. The molecule has 0 aromatic carbocycles. The average molecular weight is 1110 g/mol. The number of unbranched alkanes of at least 4 members (excludes halogenated alkanes) is 15. The summed E-state index contributed by atoms with van der Waals surface area (Å²) in [4.78, 5) is 38.4. The number of hydrogen-bond acceptors (Lipinski definition) is 6. The molecule has 0 heterocycles. The fourth-order valence-corrected chi connectivity index (χ4v) is 8.17. The van der Waals surface area contributed by atoms with Crippen LogP contribution in [-0.2, 0) is 28.6 Å². The van der Waals surface area contributed by atoms with Crippen molar-refractivity contribution in [2.45, 2.75) is 258 Å². The van der Waals surface area contributed by atoms with Crippen molar-refractivity contribution in [1.82, 2.24) is 0 Å². The van der Waals surface area contributed by atoms with E-state index in [2.05, 4.69) is 203 Å². The number of allylic oxidation sites excluding steroid dienone is 30. The van der Waals surface area contributed by atoms with Crippen molar-refractivity contribution in [2.24, 2.45) is 0 Å². The lowest BCUT2D eigenvalue weighted by Gasteiger charge is -2.18. The molecule has 1 unspecified atom stereocenters. The molecule has 0 saturated carbocycles. The lowest BCUT2D eigenvalue weighted by Crippen LogP contribution is -2.30. The smallest absolute Gasteiger partial charge is 0.306 e. The highest BCUT2D eigenvalue weighted by molar-refractivity contribution is 5.71. The minimum Gasteiger partial charge on any atom is -0.462 e. The van der Waals surface area contributed by atoms with E-state index < -0.39 is 6.10 Å². The van der Waals surface area contributed by atoms with Crippen LogP contribution >= 0.6 is 0 Å². The fraction of sp³-hybridized carbons (Fsp3) is 0.560. The summed E-state index contributed by atoms with van der Waals surface area (Å²) < 4.78 is 16.9. The van der Waals surface area contributed by atoms with Gasteiger partial charge in [0.05, 0.1) is 0 Å². The molecule has 0 aromatic heterocycles. The summed E-state index contributed by atoms with van der Waals surface area (Å²) in [5.41, 5.74) is 0. The molecule has 0 bridgehead atoms. The van der Waals surface area contributed by atoms with E-state index in [0.29, 0.717) is 12.8 Å². The first kappa shape index (κ1) is 75.5. The first-order valence-electron chi connectivity index (χ1n) is 32.3. The zero-order valence-electron chi connectivity index (χ0n) is 51.7. The van der Waals surface area contributed by atoms with E-state index >= 15 is 0 Å². The summed E-state index contributed by atoms with van der Waals surface area (Å²) >= 11 is 0. The Bertz CT molecular complexity index is 1900. The predicted molar refractivity (Wildman–Crippen MR) is 352 cm³/mol.